The van der Waals surface area contributed by atoms with Gasteiger partial charge < -0.3 is 10.5 Å². The zero-order valence-electron chi connectivity index (χ0n) is 13.7. The molecule has 0 aromatic heterocycles. The Morgan fingerprint density at radius 3 is 2.33 bits per heavy atom. The number of benzene rings is 1. The van der Waals surface area contributed by atoms with Crippen molar-refractivity contribution in [1.82, 2.24) is 0 Å². The summed E-state index contributed by atoms with van der Waals surface area (Å²) in [6.07, 6.45) is 9.22. The molecule has 0 amide bonds. The van der Waals surface area contributed by atoms with Crippen LogP contribution in [-0.2, 0) is 0 Å². The molecule has 21 heavy (non-hydrogen) atoms. The van der Waals surface area contributed by atoms with E-state index in [2.05, 4.69) is 32.9 Å². The quantitative estimate of drug-likeness (QED) is 0.873. The van der Waals surface area contributed by atoms with Gasteiger partial charge in [-0.05, 0) is 56.4 Å². The fourth-order valence-corrected chi connectivity index (χ4v) is 4.30. The Kier molecular flexibility index (Phi) is 4.00. The number of nitrogens with two attached hydrogens (primary N) is 1. The highest BCUT2D eigenvalue weighted by atomic mass is 16.5. The maximum absolute atomic E-state index is 6.48. The van der Waals surface area contributed by atoms with Crippen molar-refractivity contribution in [2.24, 2.45) is 11.1 Å². The summed E-state index contributed by atoms with van der Waals surface area (Å²) in [6, 6.07) is 4.76. The molecule has 2 heteroatoms. The highest BCUT2D eigenvalue weighted by Crippen LogP contribution is 2.51. The smallest absolute Gasteiger partial charge is 0.123 e. The SMILES string of the molecule is Cc1cc(C)c(C)c(OC2CC(N)C23CCCCCC3)c1. The largest absolute Gasteiger partial charge is 0.489 e. The first-order valence-electron chi connectivity index (χ1n) is 8.53. The van der Waals surface area contributed by atoms with Crippen LogP contribution in [0.1, 0.15) is 61.6 Å². The molecule has 1 aromatic rings. The van der Waals surface area contributed by atoms with Crippen LogP contribution in [0.2, 0.25) is 0 Å². The molecule has 2 unspecified atom stereocenters. The van der Waals surface area contributed by atoms with E-state index in [1.54, 1.807) is 0 Å². The average molecular weight is 287 g/mol. The molecule has 2 nitrogen and oxygen atoms in total. The summed E-state index contributed by atoms with van der Waals surface area (Å²) < 4.78 is 6.48. The van der Waals surface area contributed by atoms with Crippen LogP contribution in [0.15, 0.2) is 12.1 Å². The third-order valence-corrected chi connectivity index (χ3v) is 5.92. The van der Waals surface area contributed by atoms with Crippen LogP contribution in [0.25, 0.3) is 0 Å². The maximum Gasteiger partial charge on any atom is 0.123 e. The van der Waals surface area contributed by atoms with Crippen molar-refractivity contribution in [3.8, 4) is 5.75 Å². The molecule has 0 aliphatic heterocycles. The first-order chi connectivity index (χ1) is 10.0. The van der Waals surface area contributed by atoms with Gasteiger partial charge in [0.1, 0.15) is 11.9 Å². The number of ether oxygens (including phenoxy) is 1. The molecule has 0 bridgehead atoms. The van der Waals surface area contributed by atoms with E-state index in [1.165, 1.54) is 55.2 Å². The van der Waals surface area contributed by atoms with Gasteiger partial charge in [0.15, 0.2) is 0 Å². The number of aryl methyl sites for hydroxylation is 2. The lowest BCUT2D eigenvalue weighted by atomic mass is 9.58. The average Bonchev–Trinajstić information content (AvgIpc) is 2.71. The Hall–Kier alpha value is -1.02. The van der Waals surface area contributed by atoms with Crippen molar-refractivity contribution in [3.63, 3.8) is 0 Å². The second-order valence-corrected chi connectivity index (χ2v) is 7.30. The minimum Gasteiger partial charge on any atom is -0.489 e. The van der Waals surface area contributed by atoms with E-state index in [0.29, 0.717) is 12.1 Å². The van der Waals surface area contributed by atoms with Crippen LogP contribution in [0.4, 0.5) is 0 Å². The molecule has 2 atom stereocenters. The Morgan fingerprint density at radius 1 is 1.05 bits per heavy atom. The third-order valence-electron chi connectivity index (χ3n) is 5.92. The van der Waals surface area contributed by atoms with Crippen molar-refractivity contribution in [2.45, 2.75) is 77.9 Å². The van der Waals surface area contributed by atoms with Gasteiger partial charge in [-0.1, -0.05) is 31.7 Å². The Bertz CT molecular complexity index is 515. The molecule has 0 heterocycles. The van der Waals surface area contributed by atoms with Gasteiger partial charge in [0.2, 0.25) is 0 Å². The second-order valence-electron chi connectivity index (χ2n) is 7.30. The van der Waals surface area contributed by atoms with Crippen LogP contribution in [0.5, 0.6) is 5.75 Å². The molecule has 2 aliphatic rings. The fraction of sp³-hybridized carbons (Fsp3) is 0.684. The van der Waals surface area contributed by atoms with Crippen LogP contribution < -0.4 is 10.5 Å². The maximum atomic E-state index is 6.48. The van der Waals surface area contributed by atoms with Gasteiger partial charge in [-0.2, -0.15) is 0 Å². The number of hydrogen-bond donors (Lipinski definition) is 1. The predicted octanol–water partition coefficient (Wildman–Crippen LogP) is 4.43. The van der Waals surface area contributed by atoms with Crippen LogP contribution >= 0.6 is 0 Å². The molecule has 116 valence electrons. The predicted molar refractivity (Wildman–Crippen MR) is 87.8 cm³/mol. The van der Waals surface area contributed by atoms with E-state index < -0.39 is 0 Å². The van der Waals surface area contributed by atoms with Gasteiger partial charge in [-0.15, -0.1) is 0 Å². The first-order valence-corrected chi connectivity index (χ1v) is 8.53. The summed E-state index contributed by atoms with van der Waals surface area (Å²) in [5.74, 6) is 1.08. The van der Waals surface area contributed by atoms with E-state index in [-0.39, 0.29) is 5.41 Å². The van der Waals surface area contributed by atoms with E-state index in [0.717, 1.165) is 12.2 Å². The molecule has 1 spiro atoms. The van der Waals surface area contributed by atoms with Gasteiger partial charge in [0.05, 0.1) is 0 Å². The molecule has 2 saturated carbocycles. The van der Waals surface area contributed by atoms with Crippen LogP contribution in [-0.4, -0.2) is 12.1 Å². The molecule has 2 aliphatic carbocycles. The normalized spacial score (nSPS) is 28.0. The molecule has 1 aromatic carbocycles. The minimum atomic E-state index is 0.251. The lowest BCUT2D eigenvalue weighted by molar-refractivity contribution is -0.0773. The molecule has 3 rings (SSSR count). The molecule has 0 saturated heterocycles. The van der Waals surface area contributed by atoms with Crippen molar-refractivity contribution < 1.29 is 4.74 Å². The topological polar surface area (TPSA) is 35.2 Å². The molecule has 2 fully saturated rings. The van der Waals surface area contributed by atoms with Gasteiger partial charge in [-0.3, -0.25) is 0 Å². The first kappa shape index (κ1) is 14.9. The van der Waals surface area contributed by atoms with Gasteiger partial charge in [0.25, 0.3) is 0 Å². The highest BCUT2D eigenvalue weighted by Gasteiger charge is 2.54. The fourth-order valence-electron chi connectivity index (χ4n) is 4.30. The lowest BCUT2D eigenvalue weighted by Gasteiger charge is -2.54. The summed E-state index contributed by atoms with van der Waals surface area (Å²) in [5, 5.41) is 0. The molecular formula is C19H29NO. The highest BCUT2D eigenvalue weighted by molar-refractivity contribution is 5.42. The molecule has 0 radical (unpaired) electrons. The zero-order valence-corrected chi connectivity index (χ0v) is 13.7. The number of rotatable bonds is 2. The van der Waals surface area contributed by atoms with Gasteiger partial charge in [0, 0.05) is 17.9 Å². The van der Waals surface area contributed by atoms with Crippen molar-refractivity contribution in [1.29, 1.82) is 0 Å². The standard InChI is InChI=1S/C19H29NO/c1-13-10-14(2)15(3)16(11-13)21-18-12-17(20)19(18)8-6-4-5-7-9-19/h10-11,17-18H,4-9,12,20H2,1-3H3. The van der Waals surface area contributed by atoms with Crippen LogP contribution in [0, 0.1) is 26.2 Å². The summed E-state index contributed by atoms with van der Waals surface area (Å²) in [6.45, 7) is 6.48. The Morgan fingerprint density at radius 2 is 1.71 bits per heavy atom. The second kappa shape index (κ2) is 5.64. The van der Waals surface area contributed by atoms with E-state index in [9.17, 15) is 0 Å². The van der Waals surface area contributed by atoms with Crippen molar-refractivity contribution in [2.75, 3.05) is 0 Å². The van der Waals surface area contributed by atoms with Crippen molar-refractivity contribution in [3.05, 3.63) is 28.8 Å². The number of hydrogen-bond acceptors (Lipinski definition) is 2. The molecular weight excluding hydrogens is 258 g/mol. The van der Waals surface area contributed by atoms with Gasteiger partial charge >= 0.3 is 0 Å². The summed E-state index contributed by atoms with van der Waals surface area (Å²) >= 11 is 0. The summed E-state index contributed by atoms with van der Waals surface area (Å²) in [5.41, 5.74) is 10.6. The van der Waals surface area contributed by atoms with E-state index in [4.69, 9.17) is 10.5 Å². The Balaban J connectivity index is 1.82. The van der Waals surface area contributed by atoms with E-state index in [1.807, 2.05) is 0 Å². The minimum absolute atomic E-state index is 0.251. The Labute approximate surface area is 129 Å². The van der Waals surface area contributed by atoms with Gasteiger partial charge in [-0.25, -0.2) is 0 Å². The zero-order chi connectivity index (χ0) is 15.0. The summed E-state index contributed by atoms with van der Waals surface area (Å²) in [4.78, 5) is 0. The van der Waals surface area contributed by atoms with E-state index >= 15 is 0 Å². The monoisotopic (exact) mass is 287 g/mol. The van der Waals surface area contributed by atoms with Crippen LogP contribution in [0.3, 0.4) is 0 Å². The summed E-state index contributed by atoms with van der Waals surface area (Å²) in [7, 11) is 0. The third kappa shape index (κ3) is 2.59. The molecule has 2 N–H and O–H groups in total. The lowest BCUT2D eigenvalue weighted by Crippen LogP contribution is -2.63. The van der Waals surface area contributed by atoms with Crippen molar-refractivity contribution >= 4 is 0 Å².